The molecule has 24 atom stereocenters. The summed E-state index contributed by atoms with van der Waals surface area (Å²) < 4.78 is 46.5. The van der Waals surface area contributed by atoms with Crippen molar-refractivity contribution in [3.05, 3.63) is 24.3 Å². The number of carboxylic acids is 2. The van der Waals surface area contributed by atoms with E-state index in [1.807, 2.05) is 6.08 Å². The predicted molar refractivity (Wildman–Crippen MR) is 381 cm³/mol. The number of hydrogen-bond donors (Lipinski definition) is 19. The summed E-state index contributed by atoms with van der Waals surface area (Å²) in [5.74, 6) is -13.1. The third kappa shape index (κ3) is 30.6. The van der Waals surface area contributed by atoms with Gasteiger partial charge in [0, 0.05) is 33.1 Å². The quantitative estimate of drug-likeness (QED) is 0.0304. The highest BCUT2D eigenvalue weighted by atomic mass is 16.8. The lowest BCUT2D eigenvalue weighted by Crippen LogP contribution is -2.72. The van der Waals surface area contributed by atoms with Crippen LogP contribution < -0.4 is 16.0 Å². The molecule has 0 aromatic carbocycles. The second-order valence-corrected chi connectivity index (χ2v) is 28.9. The number of ether oxygens (including phenoxy) is 8. The monoisotopic (exact) mass is 1530 g/mol. The number of carboxylic acid groups (broad SMARTS) is 2. The second-order valence-electron chi connectivity index (χ2n) is 28.9. The van der Waals surface area contributed by atoms with Gasteiger partial charge in [-0.05, 0) is 44.9 Å². The lowest BCUT2D eigenvalue weighted by atomic mass is 9.87. The van der Waals surface area contributed by atoms with Gasteiger partial charge in [0.05, 0.1) is 69.5 Å². The Balaban J connectivity index is 1.47. The maximum atomic E-state index is 13.6. The molecule has 2 unspecified atom stereocenters. The van der Waals surface area contributed by atoms with E-state index in [1.54, 1.807) is 6.08 Å². The third-order valence-corrected chi connectivity index (χ3v) is 20.1. The molecule has 32 heteroatoms. The second kappa shape index (κ2) is 50.8. The van der Waals surface area contributed by atoms with E-state index in [4.69, 9.17) is 37.9 Å². The number of allylic oxidation sites excluding steroid dienone is 3. The average Bonchev–Trinajstić information content (AvgIpc) is 0.758. The molecule has 32 nitrogen and oxygen atoms in total. The normalized spacial score (nSPS) is 31.1. The molecule has 0 aromatic heterocycles. The van der Waals surface area contributed by atoms with E-state index in [1.165, 1.54) is 103 Å². The summed E-state index contributed by atoms with van der Waals surface area (Å²) in [6, 6.07) is -4.73. The van der Waals surface area contributed by atoms with Crippen molar-refractivity contribution in [3.63, 3.8) is 0 Å². The number of unbranched alkanes of at least 4 members (excludes halogenated alkanes) is 26. The van der Waals surface area contributed by atoms with Gasteiger partial charge >= 0.3 is 11.9 Å². The molecule has 0 bridgehead atoms. The van der Waals surface area contributed by atoms with Gasteiger partial charge in [-0.15, -0.1) is 0 Å². The summed E-state index contributed by atoms with van der Waals surface area (Å²) in [5.41, 5.74) is 0. The lowest BCUT2D eigenvalue weighted by Gasteiger charge is -2.51. The smallest absolute Gasteiger partial charge is 0.364 e. The fourth-order valence-electron chi connectivity index (χ4n) is 13.9. The Morgan fingerprint density at radius 1 is 0.509 bits per heavy atom. The number of rotatable bonds is 55. The first-order chi connectivity index (χ1) is 50.7. The number of aliphatic hydroxyl groups is 14. The number of nitrogens with one attached hydrogen (secondary N) is 3. The lowest BCUT2D eigenvalue weighted by molar-refractivity contribution is -0.388. The van der Waals surface area contributed by atoms with E-state index in [9.17, 15) is 106 Å². The Morgan fingerprint density at radius 2 is 0.953 bits per heavy atom. The summed E-state index contributed by atoms with van der Waals surface area (Å²) in [4.78, 5) is 65.0. The highest BCUT2D eigenvalue weighted by molar-refractivity contribution is 5.78. The Hall–Kier alpha value is -4.05. The summed E-state index contributed by atoms with van der Waals surface area (Å²) in [5, 5.41) is 185. The van der Waals surface area contributed by atoms with Crippen LogP contribution in [0.2, 0.25) is 0 Å². The van der Waals surface area contributed by atoms with Gasteiger partial charge in [0.25, 0.3) is 11.6 Å². The van der Waals surface area contributed by atoms with Gasteiger partial charge in [-0.3, -0.25) is 14.4 Å². The van der Waals surface area contributed by atoms with Crippen molar-refractivity contribution in [1.29, 1.82) is 0 Å². The van der Waals surface area contributed by atoms with Gasteiger partial charge in [-0.1, -0.05) is 179 Å². The van der Waals surface area contributed by atoms with Crippen molar-refractivity contribution >= 4 is 29.7 Å². The van der Waals surface area contributed by atoms with Crippen molar-refractivity contribution in [3.8, 4) is 0 Å². The van der Waals surface area contributed by atoms with Crippen molar-refractivity contribution in [2.45, 2.75) is 379 Å². The molecule has 4 aliphatic rings. The molecule has 0 aliphatic carbocycles. The number of carbonyl (C=O) groups is 5. The molecule has 4 rings (SSSR count). The fourth-order valence-corrected chi connectivity index (χ4v) is 13.9. The molecule has 19 N–H and O–H groups in total. The molecular formula is C74H131N3O29. The highest BCUT2D eigenvalue weighted by Crippen LogP contribution is 2.41. The first kappa shape index (κ1) is 94.3. The predicted octanol–water partition coefficient (Wildman–Crippen LogP) is 1.68. The van der Waals surface area contributed by atoms with Crippen LogP contribution in [0.15, 0.2) is 24.3 Å². The molecule has 0 aromatic rings. The molecule has 4 heterocycles. The maximum Gasteiger partial charge on any atom is 0.364 e. The van der Waals surface area contributed by atoms with Crippen LogP contribution in [0.4, 0.5) is 0 Å². The molecule has 0 spiro atoms. The maximum absolute atomic E-state index is 13.6. The van der Waals surface area contributed by atoms with Gasteiger partial charge in [0.2, 0.25) is 17.7 Å². The standard InChI is InChI=1S/C74H131N3O29/c1-5-7-9-11-13-15-17-19-20-21-22-23-24-26-28-30-32-34-36-38-56(88)77-48(49(84)37-35-33-31-29-27-25-18-16-14-12-10-8-6-2)45-99-69-63(93)62(92)65(55(44-81)101-69)102-70-64(94)68(60(90)53(42-79)100-70)106-74(72(97)98)40-51(86)58(76-47(4)83)67(105-74)61(91)54(43-80)103-73(71(95)96)39-50(85)57(75-46(3)82)66(104-73)59(89)52(87)41-78/h19-20,35,37,48-55,57-70,78-81,84-87,89-94H,5-18,21-34,36,38-45H2,1-4H3,(H,75,82)(H,76,83)(H,77,88)(H,95,96)(H,97,98)/t48-,49+,50-,51-,52+,53+,54+,55+,57+,58+,59+,60-,61+,62+,63+,64+,65+,66?,67?,68-,69+,70-,73+,74-/m0/s1. The van der Waals surface area contributed by atoms with Crippen LogP contribution in [0.1, 0.15) is 233 Å². The number of hydrogen-bond acceptors (Lipinski definition) is 27. The van der Waals surface area contributed by atoms with E-state index >= 15 is 0 Å². The zero-order valence-corrected chi connectivity index (χ0v) is 62.6. The molecule has 0 saturated carbocycles. The highest BCUT2D eigenvalue weighted by Gasteiger charge is 2.62. The van der Waals surface area contributed by atoms with Crippen LogP contribution in [0.5, 0.6) is 0 Å². The number of carbonyl (C=O) groups excluding carboxylic acids is 3. The summed E-state index contributed by atoms with van der Waals surface area (Å²) >= 11 is 0. The van der Waals surface area contributed by atoms with E-state index in [2.05, 4.69) is 41.9 Å². The topological polar surface area (TPSA) is 519 Å². The Labute approximate surface area is 623 Å². The SMILES string of the molecule is CCCCCCCCC=CCCCCCCCCCCCC(=O)N[C@@H](CO[C@@H]1O[C@H](CO)[C@@H](O[C@@H]2O[C@H](CO)[C@H](O)[C@H](O[C@]3(C(=O)O)C[C@H](O)[C@@H](NC(C)=O)C([C@H](O)[C@@H](CO)O[C@]4(C(=O)O)C[C@H](O)[C@@H](NC(C)=O)C([C@H](O)[C@H](O)CO)O4)O3)[C@H]2O)[C@H](O)[C@H]1O)[C@H](O)C=CCCCCCCCCCCCCC. The van der Waals surface area contributed by atoms with Crippen molar-refractivity contribution in [2.24, 2.45) is 0 Å². The zero-order valence-electron chi connectivity index (χ0n) is 62.6. The molecule has 4 aliphatic heterocycles. The molecule has 106 heavy (non-hydrogen) atoms. The first-order valence-electron chi connectivity index (χ1n) is 38.9. The van der Waals surface area contributed by atoms with Crippen LogP contribution in [-0.4, -0.2) is 290 Å². The van der Waals surface area contributed by atoms with Crippen molar-refractivity contribution < 1.29 is 144 Å². The van der Waals surface area contributed by atoms with Gasteiger partial charge in [-0.25, -0.2) is 9.59 Å². The van der Waals surface area contributed by atoms with Crippen LogP contribution in [0.25, 0.3) is 0 Å². The molecule has 0 radical (unpaired) electrons. The van der Waals surface area contributed by atoms with Crippen LogP contribution in [0.3, 0.4) is 0 Å². The molecular weight excluding hydrogens is 1390 g/mol. The van der Waals surface area contributed by atoms with Crippen molar-refractivity contribution in [2.75, 3.05) is 33.0 Å². The number of amides is 3. The van der Waals surface area contributed by atoms with Crippen molar-refractivity contribution in [1.82, 2.24) is 16.0 Å². The number of aliphatic hydroxyl groups excluding tert-OH is 14. The number of aliphatic carboxylic acids is 2. The largest absolute Gasteiger partial charge is 0.477 e. The van der Waals surface area contributed by atoms with E-state index in [-0.39, 0.29) is 12.3 Å². The third-order valence-electron chi connectivity index (χ3n) is 20.1. The van der Waals surface area contributed by atoms with Gasteiger partial charge in [0.1, 0.15) is 85.5 Å². The molecule has 3 amide bonds. The minimum Gasteiger partial charge on any atom is -0.477 e. The van der Waals surface area contributed by atoms with Gasteiger partial charge in [-0.2, -0.15) is 0 Å². The summed E-state index contributed by atoms with van der Waals surface area (Å²) in [6.45, 7) is 1.10. The Bertz CT molecular complexity index is 2530. The zero-order chi connectivity index (χ0) is 78.4. The first-order valence-corrected chi connectivity index (χ1v) is 38.9. The summed E-state index contributed by atoms with van der Waals surface area (Å²) in [6.07, 6.45) is -1.74. The summed E-state index contributed by atoms with van der Waals surface area (Å²) in [7, 11) is 0. The Kier molecular flexibility index (Phi) is 45.2. The van der Waals surface area contributed by atoms with Crippen LogP contribution in [-0.2, 0) is 61.9 Å². The van der Waals surface area contributed by atoms with E-state index < -0.39 is 216 Å². The van der Waals surface area contributed by atoms with Crippen LogP contribution in [0, 0.1) is 0 Å². The average molecular weight is 1530 g/mol. The molecule has 616 valence electrons. The minimum absolute atomic E-state index is 0.149. The van der Waals surface area contributed by atoms with E-state index in [0.717, 1.165) is 84.5 Å². The Morgan fingerprint density at radius 3 is 1.42 bits per heavy atom. The fraction of sp³-hybridized carbons (Fsp3) is 0.878. The van der Waals surface area contributed by atoms with Gasteiger partial charge in [0.15, 0.2) is 12.6 Å². The minimum atomic E-state index is -3.39. The van der Waals surface area contributed by atoms with E-state index in [0.29, 0.717) is 12.8 Å². The van der Waals surface area contributed by atoms with Crippen LogP contribution >= 0.6 is 0 Å². The van der Waals surface area contributed by atoms with Gasteiger partial charge < -0.3 is 136 Å². The molecule has 4 fully saturated rings. The molecule has 4 saturated heterocycles.